The van der Waals surface area contributed by atoms with Crippen molar-refractivity contribution in [2.75, 3.05) is 0 Å². The second-order valence-corrected chi connectivity index (χ2v) is 3.56. The van der Waals surface area contributed by atoms with Crippen molar-refractivity contribution in [2.24, 2.45) is 0 Å². The Balaban J connectivity index is 2.86. The molecule has 0 spiro atoms. The van der Waals surface area contributed by atoms with E-state index < -0.39 is 5.82 Å². The molecule has 0 saturated carbocycles. The van der Waals surface area contributed by atoms with E-state index in [2.05, 4.69) is 15.9 Å². The molecule has 0 atom stereocenters. The molecule has 0 aliphatic rings. The zero-order chi connectivity index (χ0) is 10.6. The molecular formula is C10H7BrFNO. The van der Waals surface area contributed by atoms with Crippen molar-refractivity contribution in [3.05, 3.63) is 34.1 Å². The van der Waals surface area contributed by atoms with Gasteiger partial charge in [0.1, 0.15) is 5.82 Å². The summed E-state index contributed by atoms with van der Waals surface area (Å²) in [5.74, 6) is -0.549. The van der Waals surface area contributed by atoms with Gasteiger partial charge >= 0.3 is 0 Å². The van der Waals surface area contributed by atoms with E-state index in [0.717, 1.165) is 0 Å². The SMILES string of the molecule is N#CCCC(=O)c1ccc(F)cc1Br. The highest BCUT2D eigenvalue weighted by Crippen LogP contribution is 2.19. The number of hydrogen-bond acceptors (Lipinski definition) is 2. The van der Waals surface area contributed by atoms with E-state index in [9.17, 15) is 9.18 Å². The van der Waals surface area contributed by atoms with Crippen LogP contribution in [0.15, 0.2) is 22.7 Å². The number of carbonyl (C=O) groups excluding carboxylic acids is 1. The normalized spacial score (nSPS) is 9.50. The number of nitrogens with zero attached hydrogens (tertiary/aromatic N) is 1. The minimum Gasteiger partial charge on any atom is -0.294 e. The van der Waals surface area contributed by atoms with Crippen molar-refractivity contribution >= 4 is 21.7 Å². The number of nitriles is 1. The fourth-order valence-electron chi connectivity index (χ4n) is 1.02. The molecule has 0 unspecified atom stereocenters. The van der Waals surface area contributed by atoms with Crippen molar-refractivity contribution in [2.45, 2.75) is 12.8 Å². The summed E-state index contributed by atoms with van der Waals surface area (Å²) in [5.41, 5.74) is 0.418. The number of hydrogen-bond donors (Lipinski definition) is 0. The first-order valence-electron chi connectivity index (χ1n) is 4.00. The molecule has 1 rings (SSSR count). The Hall–Kier alpha value is -1.21. The van der Waals surface area contributed by atoms with Crippen LogP contribution in [0.1, 0.15) is 23.2 Å². The van der Waals surface area contributed by atoms with Gasteiger partial charge in [0, 0.05) is 22.9 Å². The maximum atomic E-state index is 12.7. The molecule has 0 bridgehead atoms. The van der Waals surface area contributed by atoms with Gasteiger partial charge in [-0.25, -0.2) is 4.39 Å². The summed E-state index contributed by atoms with van der Waals surface area (Å²) in [6, 6.07) is 5.77. The molecule has 0 N–H and O–H groups in total. The van der Waals surface area contributed by atoms with Gasteiger partial charge in [-0.3, -0.25) is 4.79 Å². The Morgan fingerprint density at radius 2 is 2.29 bits per heavy atom. The monoisotopic (exact) mass is 255 g/mol. The van der Waals surface area contributed by atoms with Gasteiger partial charge in [-0.1, -0.05) is 0 Å². The topological polar surface area (TPSA) is 40.9 Å². The molecule has 0 amide bonds. The van der Waals surface area contributed by atoms with Crippen LogP contribution in [-0.2, 0) is 0 Å². The van der Waals surface area contributed by atoms with E-state index in [0.29, 0.717) is 10.0 Å². The van der Waals surface area contributed by atoms with Gasteiger partial charge < -0.3 is 0 Å². The number of carbonyl (C=O) groups is 1. The Morgan fingerprint density at radius 1 is 1.57 bits per heavy atom. The fraction of sp³-hybridized carbons (Fsp3) is 0.200. The lowest BCUT2D eigenvalue weighted by Crippen LogP contribution is -1.99. The lowest BCUT2D eigenvalue weighted by atomic mass is 10.1. The van der Waals surface area contributed by atoms with Crippen LogP contribution < -0.4 is 0 Å². The van der Waals surface area contributed by atoms with E-state index in [1.54, 1.807) is 0 Å². The zero-order valence-corrected chi connectivity index (χ0v) is 8.84. The molecule has 0 fully saturated rings. The van der Waals surface area contributed by atoms with Crippen LogP contribution in [0.25, 0.3) is 0 Å². The molecule has 0 aromatic heterocycles. The molecule has 0 saturated heterocycles. The van der Waals surface area contributed by atoms with Crippen LogP contribution in [0.4, 0.5) is 4.39 Å². The predicted molar refractivity (Wildman–Crippen MR) is 53.3 cm³/mol. The standard InChI is InChI=1S/C10H7BrFNO/c11-9-6-7(12)3-4-8(9)10(14)2-1-5-13/h3-4,6H,1-2H2. The largest absolute Gasteiger partial charge is 0.294 e. The summed E-state index contributed by atoms with van der Waals surface area (Å²) in [4.78, 5) is 11.4. The number of rotatable bonds is 3. The molecule has 2 nitrogen and oxygen atoms in total. The summed E-state index contributed by atoms with van der Waals surface area (Å²) in [7, 11) is 0. The molecule has 0 heterocycles. The quantitative estimate of drug-likeness (QED) is 0.779. The summed E-state index contributed by atoms with van der Waals surface area (Å²) in [6.45, 7) is 0. The molecule has 0 aliphatic carbocycles. The van der Waals surface area contributed by atoms with E-state index in [1.807, 2.05) is 6.07 Å². The third-order valence-electron chi connectivity index (χ3n) is 1.70. The van der Waals surface area contributed by atoms with Crippen molar-refractivity contribution in [1.82, 2.24) is 0 Å². The van der Waals surface area contributed by atoms with Gasteiger partial charge in [0.2, 0.25) is 0 Å². The summed E-state index contributed by atoms with van der Waals surface area (Å²) >= 11 is 3.10. The average Bonchev–Trinajstić information content (AvgIpc) is 2.14. The average molecular weight is 256 g/mol. The van der Waals surface area contributed by atoms with Gasteiger partial charge in [-0.05, 0) is 34.1 Å². The summed E-state index contributed by atoms with van der Waals surface area (Å²) in [6.07, 6.45) is 0.351. The molecule has 14 heavy (non-hydrogen) atoms. The van der Waals surface area contributed by atoms with Crippen LogP contribution in [0.2, 0.25) is 0 Å². The molecule has 1 aromatic rings. The van der Waals surface area contributed by atoms with Gasteiger partial charge in [-0.2, -0.15) is 5.26 Å². The van der Waals surface area contributed by atoms with Crippen molar-refractivity contribution in [3.63, 3.8) is 0 Å². The maximum Gasteiger partial charge on any atom is 0.165 e. The Kier molecular flexibility index (Phi) is 3.78. The lowest BCUT2D eigenvalue weighted by molar-refractivity contribution is 0.0983. The Morgan fingerprint density at radius 3 is 2.86 bits per heavy atom. The second-order valence-electron chi connectivity index (χ2n) is 2.71. The molecule has 0 radical (unpaired) electrons. The predicted octanol–water partition coefficient (Wildman–Crippen LogP) is 3.07. The van der Waals surface area contributed by atoms with Crippen LogP contribution in [-0.4, -0.2) is 5.78 Å². The summed E-state index contributed by atoms with van der Waals surface area (Å²) < 4.78 is 13.1. The van der Waals surface area contributed by atoms with Gasteiger partial charge in [0.05, 0.1) is 6.07 Å². The van der Waals surface area contributed by atoms with Gasteiger partial charge in [0.15, 0.2) is 5.78 Å². The van der Waals surface area contributed by atoms with E-state index in [1.165, 1.54) is 18.2 Å². The van der Waals surface area contributed by atoms with Gasteiger partial charge in [-0.15, -0.1) is 0 Å². The third-order valence-corrected chi connectivity index (χ3v) is 2.35. The van der Waals surface area contributed by atoms with Crippen molar-refractivity contribution in [3.8, 4) is 6.07 Å². The van der Waals surface area contributed by atoms with Crippen LogP contribution in [0.5, 0.6) is 0 Å². The molecule has 0 aliphatic heterocycles. The third kappa shape index (κ3) is 2.64. The lowest BCUT2D eigenvalue weighted by Gasteiger charge is -2.01. The fourth-order valence-corrected chi connectivity index (χ4v) is 1.59. The van der Waals surface area contributed by atoms with Crippen LogP contribution in [0, 0.1) is 17.1 Å². The highest BCUT2D eigenvalue weighted by molar-refractivity contribution is 9.10. The first-order valence-corrected chi connectivity index (χ1v) is 4.79. The highest BCUT2D eigenvalue weighted by Gasteiger charge is 2.09. The van der Waals surface area contributed by atoms with Crippen molar-refractivity contribution in [1.29, 1.82) is 5.26 Å². The number of benzene rings is 1. The Labute approximate surface area is 89.5 Å². The smallest absolute Gasteiger partial charge is 0.165 e. The number of halogens is 2. The molecule has 72 valence electrons. The molecule has 4 heteroatoms. The summed E-state index contributed by atoms with van der Waals surface area (Å²) in [5, 5.41) is 8.30. The van der Waals surface area contributed by atoms with E-state index in [4.69, 9.17) is 5.26 Å². The highest BCUT2D eigenvalue weighted by atomic mass is 79.9. The Bertz CT molecular complexity index is 398. The maximum absolute atomic E-state index is 12.7. The van der Waals surface area contributed by atoms with Crippen LogP contribution in [0.3, 0.4) is 0 Å². The molecule has 1 aromatic carbocycles. The first-order chi connectivity index (χ1) is 6.65. The minimum absolute atomic E-state index is 0.154. The van der Waals surface area contributed by atoms with Crippen molar-refractivity contribution < 1.29 is 9.18 Å². The second kappa shape index (κ2) is 4.87. The van der Waals surface area contributed by atoms with Crippen LogP contribution >= 0.6 is 15.9 Å². The number of Topliss-reactive ketones (excluding diaryl/α,β-unsaturated/α-hetero) is 1. The first kappa shape index (κ1) is 10.9. The number of ketones is 1. The van der Waals surface area contributed by atoms with E-state index >= 15 is 0 Å². The minimum atomic E-state index is -0.395. The van der Waals surface area contributed by atoms with Gasteiger partial charge in [0.25, 0.3) is 0 Å². The van der Waals surface area contributed by atoms with E-state index in [-0.39, 0.29) is 18.6 Å². The zero-order valence-electron chi connectivity index (χ0n) is 7.26. The molecular weight excluding hydrogens is 249 g/mol.